The van der Waals surface area contributed by atoms with Crippen LogP contribution in [0.15, 0.2) is 101 Å². The van der Waals surface area contributed by atoms with Gasteiger partial charge in [0.1, 0.15) is 23.0 Å². The van der Waals surface area contributed by atoms with Gasteiger partial charge in [0.2, 0.25) is 0 Å². The van der Waals surface area contributed by atoms with Crippen molar-refractivity contribution in [3.05, 3.63) is 112 Å². The monoisotopic (exact) mass is 464 g/mol. The predicted octanol–water partition coefficient (Wildman–Crippen LogP) is 4.57. The van der Waals surface area contributed by atoms with Gasteiger partial charge in [0.05, 0.1) is 16.8 Å². The van der Waals surface area contributed by atoms with Crippen LogP contribution in [0, 0.1) is 0 Å². The first-order valence-corrected chi connectivity index (χ1v) is 10.7. The molecule has 5 rings (SSSR count). The average molecular weight is 464 g/mol. The molecule has 0 saturated carbocycles. The van der Waals surface area contributed by atoms with Gasteiger partial charge in [0.15, 0.2) is 0 Å². The number of aromatic amines is 1. The second-order valence-corrected chi connectivity index (χ2v) is 7.84. The van der Waals surface area contributed by atoms with Crippen LogP contribution >= 0.6 is 0 Å². The van der Waals surface area contributed by atoms with Crippen LogP contribution in [0.25, 0.3) is 22.0 Å². The Balaban J connectivity index is 1.49. The van der Waals surface area contributed by atoms with E-state index < -0.39 is 0 Å². The first-order valence-electron chi connectivity index (χ1n) is 10.7. The topological polar surface area (TPSA) is 131 Å². The van der Waals surface area contributed by atoms with Crippen molar-refractivity contribution < 1.29 is 15.3 Å². The van der Waals surface area contributed by atoms with Crippen LogP contribution in [0.5, 0.6) is 17.2 Å². The Bertz CT molecular complexity index is 1610. The summed E-state index contributed by atoms with van der Waals surface area (Å²) in [6.07, 6.45) is 0. The maximum absolute atomic E-state index is 12.1. The number of phenols is 3. The molecule has 4 aromatic carbocycles. The van der Waals surface area contributed by atoms with Gasteiger partial charge in [-0.3, -0.25) is 10.2 Å². The largest absolute Gasteiger partial charge is 0.508 e. The number of H-pyrrole nitrogens is 1. The molecule has 0 amide bonds. The number of hydrogen-bond acceptors (Lipinski definition) is 7. The van der Waals surface area contributed by atoms with Crippen LogP contribution in [-0.2, 0) is 0 Å². The summed E-state index contributed by atoms with van der Waals surface area (Å²) in [7, 11) is 0. The number of rotatable bonds is 5. The van der Waals surface area contributed by atoms with E-state index in [9.17, 15) is 20.1 Å². The summed E-state index contributed by atoms with van der Waals surface area (Å²) in [4.78, 5) is 12.1. The van der Waals surface area contributed by atoms with Crippen molar-refractivity contribution in [3.63, 3.8) is 0 Å². The highest BCUT2D eigenvalue weighted by atomic mass is 16.3. The summed E-state index contributed by atoms with van der Waals surface area (Å²) >= 11 is 0. The molecule has 0 aliphatic heterocycles. The molecule has 1 heterocycles. The second-order valence-electron chi connectivity index (χ2n) is 7.84. The lowest BCUT2D eigenvalue weighted by atomic mass is 10.0. The van der Waals surface area contributed by atoms with Gasteiger partial charge in [0.25, 0.3) is 5.56 Å². The van der Waals surface area contributed by atoms with Gasteiger partial charge in [-0.05, 0) is 54.6 Å². The number of nitrogens with zero attached hydrogens (tertiary/aromatic N) is 2. The van der Waals surface area contributed by atoms with E-state index in [0.29, 0.717) is 33.6 Å². The molecule has 8 nitrogen and oxygen atoms in total. The number of anilines is 1. The fourth-order valence-corrected chi connectivity index (χ4v) is 3.78. The molecule has 0 fully saturated rings. The zero-order valence-electron chi connectivity index (χ0n) is 18.3. The second kappa shape index (κ2) is 9.03. The molecule has 1 aromatic heterocycles. The quantitative estimate of drug-likeness (QED) is 0.191. The van der Waals surface area contributed by atoms with E-state index in [4.69, 9.17) is 0 Å². The fourth-order valence-electron chi connectivity index (χ4n) is 3.78. The number of hydrogen-bond donors (Lipinski definition) is 5. The summed E-state index contributed by atoms with van der Waals surface area (Å²) in [5, 5.41) is 42.3. The molecule has 35 heavy (non-hydrogen) atoms. The summed E-state index contributed by atoms with van der Waals surface area (Å²) in [5.74, 6) is -0.0943. The number of aromatic hydroxyl groups is 3. The molecule has 0 bridgehead atoms. The number of aromatic nitrogens is 2. The number of hydrazone groups is 1. The van der Waals surface area contributed by atoms with E-state index in [1.165, 1.54) is 24.3 Å². The van der Waals surface area contributed by atoms with Crippen molar-refractivity contribution in [1.29, 1.82) is 0 Å². The Morgan fingerprint density at radius 2 is 1.49 bits per heavy atom. The van der Waals surface area contributed by atoms with Crippen molar-refractivity contribution in [2.24, 2.45) is 5.10 Å². The third kappa shape index (κ3) is 4.40. The minimum Gasteiger partial charge on any atom is -0.508 e. The summed E-state index contributed by atoms with van der Waals surface area (Å²) in [6, 6.07) is 25.3. The first-order chi connectivity index (χ1) is 17.0. The van der Waals surface area contributed by atoms with Crippen LogP contribution in [0.1, 0.15) is 11.1 Å². The lowest BCUT2D eigenvalue weighted by molar-refractivity contribution is 0.450. The van der Waals surface area contributed by atoms with Crippen molar-refractivity contribution in [2.45, 2.75) is 0 Å². The number of phenolic OH excluding ortho intramolecular Hbond substituents is 3. The van der Waals surface area contributed by atoms with E-state index in [2.05, 4.69) is 20.7 Å². The average Bonchev–Trinajstić information content (AvgIpc) is 2.87. The lowest BCUT2D eigenvalue weighted by Gasteiger charge is -2.11. The molecule has 0 aliphatic carbocycles. The summed E-state index contributed by atoms with van der Waals surface area (Å²) in [6.45, 7) is 0. The molecular formula is C27H20N4O4. The highest BCUT2D eigenvalue weighted by Gasteiger charge is 2.13. The van der Waals surface area contributed by atoms with E-state index in [1.54, 1.807) is 24.3 Å². The Morgan fingerprint density at radius 3 is 2.20 bits per heavy atom. The summed E-state index contributed by atoms with van der Waals surface area (Å²) in [5.41, 5.74) is 6.39. The highest BCUT2D eigenvalue weighted by Crippen LogP contribution is 2.28. The molecule has 172 valence electrons. The molecule has 0 aliphatic rings. The van der Waals surface area contributed by atoms with Gasteiger partial charge in [-0.15, -0.1) is 0 Å². The van der Waals surface area contributed by atoms with Crippen molar-refractivity contribution in [2.75, 3.05) is 5.43 Å². The SMILES string of the molecule is O=c1[nH]nc(-c2ccc(NN=C(c3ccc(O)cc3)c3ccc(O)cc3O)cc2)c2ccccc12. The highest BCUT2D eigenvalue weighted by molar-refractivity contribution is 6.14. The van der Waals surface area contributed by atoms with Crippen LogP contribution in [0.4, 0.5) is 5.69 Å². The van der Waals surface area contributed by atoms with E-state index >= 15 is 0 Å². The number of benzene rings is 4. The van der Waals surface area contributed by atoms with E-state index in [-0.39, 0.29) is 22.8 Å². The lowest BCUT2D eigenvalue weighted by Crippen LogP contribution is -2.09. The van der Waals surface area contributed by atoms with Crippen molar-refractivity contribution >= 4 is 22.2 Å². The van der Waals surface area contributed by atoms with Gasteiger partial charge < -0.3 is 15.3 Å². The predicted molar refractivity (Wildman–Crippen MR) is 135 cm³/mol. The van der Waals surface area contributed by atoms with Crippen molar-refractivity contribution in [3.8, 4) is 28.5 Å². The summed E-state index contributed by atoms with van der Waals surface area (Å²) < 4.78 is 0. The molecule has 0 saturated heterocycles. The molecule has 0 radical (unpaired) electrons. The van der Waals surface area contributed by atoms with Crippen LogP contribution in [-0.4, -0.2) is 31.2 Å². The van der Waals surface area contributed by atoms with Gasteiger partial charge >= 0.3 is 0 Å². The standard InChI is InChI=1S/C27H20N4O4/c32-19-11-7-17(8-12-19)26(23-14-13-20(33)15-24(23)34)29-28-18-9-5-16(6-10-18)25-21-3-1-2-4-22(21)27(35)31-30-25/h1-15,28,32-34H,(H,31,35). The van der Waals surface area contributed by atoms with Crippen LogP contribution in [0.2, 0.25) is 0 Å². The van der Waals surface area contributed by atoms with E-state index in [1.807, 2.05) is 42.5 Å². The third-order valence-corrected chi connectivity index (χ3v) is 5.53. The first kappa shape index (κ1) is 21.7. The molecule has 0 spiro atoms. The maximum Gasteiger partial charge on any atom is 0.272 e. The van der Waals surface area contributed by atoms with Crippen LogP contribution in [0.3, 0.4) is 0 Å². The maximum atomic E-state index is 12.1. The van der Waals surface area contributed by atoms with Gasteiger partial charge in [-0.1, -0.05) is 30.3 Å². The smallest absolute Gasteiger partial charge is 0.272 e. The Labute approximate surface area is 199 Å². The normalized spacial score (nSPS) is 11.5. The molecule has 5 aromatic rings. The van der Waals surface area contributed by atoms with Crippen LogP contribution < -0.4 is 11.0 Å². The zero-order chi connectivity index (χ0) is 24.4. The Kier molecular flexibility index (Phi) is 5.60. The molecule has 0 unspecified atom stereocenters. The van der Waals surface area contributed by atoms with Gasteiger partial charge in [0, 0.05) is 28.1 Å². The molecule has 5 N–H and O–H groups in total. The Hall–Kier alpha value is -5.11. The minimum absolute atomic E-state index is 0.0664. The number of nitrogens with one attached hydrogen (secondary N) is 2. The van der Waals surface area contributed by atoms with Gasteiger partial charge in [-0.25, -0.2) is 5.10 Å². The third-order valence-electron chi connectivity index (χ3n) is 5.53. The molecule has 0 atom stereocenters. The van der Waals surface area contributed by atoms with Crippen molar-refractivity contribution in [1.82, 2.24) is 10.2 Å². The zero-order valence-corrected chi connectivity index (χ0v) is 18.3. The Morgan fingerprint density at radius 1 is 0.800 bits per heavy atom. The molecular weight excluding hydrogens is 444 g/mol. The van der Waals surface area contributed by atoms with Gasteiger partial charge in [-0.2, -0.15) is 10.2 Å². The number of fused-ring (bicyclic) bond motifs is 1. The fraction of sp³-hybridized carbons (Fsp3) is 0. The van der Waals surface area contributed by atoms with E-state index in [0.717, 1.165) is 10.9 Å². The minimum atomic E-state index is -0.240. The molecule has 8 heteroatoms.